The summed E-state index contributed by atoms with van der Waals surface area (Å²) >= 11 is 0. The summed E-state index contributed by atoms with van der Waals surface area (Å²) in [4.78, 5) is 27.7. The standard InChI is InChI=1S/C21H21NO2/c23-19-12-6-7-13-21(19)15-22(14-16-8-2-1-3-9-16)20(24)17-10-4-5-11-18(17)21/h1-5,8-11H,6-7,12-15H2. The third-order valence-corrected chi connectivity index (χ3v) is 5.43. The fraction of sp³-hybridized carbons (Fsp3) is 0.333. The molecule has 4 rings (SSSR count). The van der Waals surface area contributed by atoms with E-state index in [4.69, 9.17) is 0 Å². The highest BCUT2D eigenvalue weighted by Gasteiger charge is 2.48. The van der Waals surface area contributed by atoms with E-state index in [0.29, 0.717) is 30.9 Å². The summed E-state index contributed by atoms with van der Waals surface area (Å²) in [5, 5.41) is 0. The quantitative estimate of drug-likeness (QED) is 0.846. The van der Waals surface area contributed by atoms with E-state index in [1.54, 1.807) is 0 Å². The molecule has 1 atom stereocenters. The zero-order chi connectivity index (χ0) is 16.6. The lowest BCUT2D eigenvalue weighted by Gasteiger charge is -2.45. The summed E-state index contributed by atoms with van der Waals surface area (Å²) in [6, 6.07) is 17.7. The Hall–Kier alpha value is -2.42. The highest BCUT2D eigenvalue weighted by Crippen LogP contribution is 2.42. The molecule has 0 aromatic heterocycles. The van der Waals surface area contributed by atoms with Gasteiger partial charge in [0.25, 0.3) is 5.91 Å². The van der Waals surface area contributed by atoms with Crippen LogP contribution in [0.1, 0.15) is 47.2 Å². The lowest BCUT2D eigenvalue weighted by Crippen LogP contribution is -2.54. The molecule has 1 spiro atoms. The van der Waals surface area contributed by atoms with Gasteiger partial charge in [-0.05, 0) is 30.0 Å². The maximum absolute atomic E-state index is 13.0. The predicted octanol–water partition coefficient (Wildman–Crippen LogP) is 3.72. The number of benzene rings is 2. The molecule has 1 saturated carbocycles. The smallest absolute Gasteiger partial charge is 0.254 e. The second kappa shape index (κ2) is 5.90. The lowest BCUT2D eigenvalue weighted by atomic mass is 9.65. The van der Waals surface area contributed by atoms with Gasteiger partial charge in [0.05, 0.1) is 5.41 Å². The number of Topliss-reactive ketones (excluding diaryl/α,β-unsaturated/α-hetero) is 1. The maximum atomic E-state index is 13.0. The summed E-state index contributed by atoms with van der Waals surface area (Å²) in [6.45, 7) is 1.07. The molecule has 1 aliphatic carbocycles. The van der Waals surface area contributed by atoms with Gasteiger partial charge in [0, 0.05) is 25.1 Å². The summed E-state index contributed by atoms with van der Waals surface area (Å²) < 4.78 is 0. The van der Waals surface area contributed by atoms with Crippen molar-refractivity contribution in [2.75, 3.05) is 6.54 Å². The van der Waals surface area contributed by atoms with E-state index < -0.39 is 5.41 Å². The third kappa shape index (κ3) is 2.35. The number of hydrogen-bond donors (Lipinski definition) is 0. The Balaban J connectivity index is 1.77. The molecule has 122 valence electrons. The van der Waals surface area contributed by atoms with Crippen LogP contribution in [0.3, 0.4) is 0 Å². The second-order valence-corrected chi connectivity index (χ2v) is 6.90. The van der Waals surface area contributed by atoms with Crippen molar-refractivity contribution >= 4 is 11.7 Å². The summed E-state index contributed by atoms with van der Waals surface area (Å²) in [7, 11) is 0. The summed E-state index contributed by atoms with van der Waals surface area (Å²) in [5.74, 6) is 0.338. The van der Waals surface area contributed by atoms with Gasteiger partial charge in [0.1, 0.15) is 5.78 Å². The van der Waals surface area contributed by atoms with E-state index in [2.05, 4.69) is 0 Å². The van der Waals surface area contributed by atoms with Gasteiger partial charge in [-0.2, -0.15) is 0 Å². The van der Waals surface area contributed by atoms with E-state index in [9.17, 15) is 9.59 Å². The van der Waals surface area contributed by atoms with Crippen LogP contribution in [0.2, 0.25) is 0 Å². The average molecular weight is 319 g/mol. The molecular formula is C21H21NO2. The molecule has 0 saturated heterocycles. The summed E-state index contributed by atoms with van der Waals surface area (Å²) in [6.07, 6.45) is 3.49. The van der Waals surface area contributed by atoms with Crippen molar-refractivity contribution in [3.8, 4) is 0 Å². The zero-order valence-corrected chi connectivity index (χ0v) is 13.7. The van der Waals surface area contributed by atoms with Crippen LogP contribution in [-0.2, 0) is 16.8 Å². The van der Waals surface area contributed by atoms with Gasteiger partial charge in [0.15, 0.2) is 0 Å². The molecule has 24 heavy (non-hydrogen) atoms. The molecule has 2 aromatic carbocycles. The van der Waals surface area contributed by atoms with Crippen LogP contribution < -0.4 is 0 Å². The number of ketones is 1. The van der Waals surface area contributed by atoms with Crippen molar-refractivity contribution < 1.29 is 9.59 Å². The van der Waals surface area contributed by atoms with Crippen LogP contribution in [-0.4, -0.2) is 23.1 Å². The first-order valence-electron chi connectivity index (χ1n) is 8.67. The molecule has 0 radical (unpaired) electrons. The van der Waals surface area contributed by atoms with Gasteiger partial charge in [-0.3, -0.25) is 9.59 Å². The first-order chi connectivity index (χ1) is 11.7. The number of nitrogens with zero attached hydrogens (tertiary/aromatic N) is 1. The molecular weight excluding hydrogens is 298 g/mol. The highest BCUT2D eigenvalue weighted by atomic mass is 16.2. The third-order valence-electron chi connectivity index (χ3n) is 5.43. The zero-order valence-electron chi connectivity index (χ0n) is 13.7. The molecule has 3 nitrogen and oxygen atoms in total. The van der Waals surface area contributed by atoms with Crippen LogP contribution in [0.4, 0.5) is 0 Å². The van der Waals surface area contributed by atoms with Gasteiger partial charge in [0.2, 0.25) is 0 Å². The molecule has 1 heterocycles. The number of hydrogen-bond acceptors (Lipinski definition) is 2. The van der Waals surface area contributed by atoms with Crippen LogP contribution in [0.15, 0.2) is 54.6 Å². The minimum Gasteiger partial charge on any atom is -0.333 e. The minimum absolute atomic E-state index is 0.0402. The van der Waals surface area contributed by atoms with E-state index in [0.717, 1.165) is 30.4 Å². The van der Waals surface area contributed by atoms with E-state index in [-0.39, 0.29) is 5.91 Å². The van der Waals surface area contributed by atoms with Gasteiger partial charge in [-0.1, -0.05) is 55.0 Å². The van der Waals surface area contributed by atoms with Crippen LogP contribution in [0, 0.1) is 0 Å². The van der Waals surface area contributed by atoms with Crippen molar-refractivity contribution in [1.82, 2.24) is 4.90 Å². The largest absolute Gasteiger partial charge is 0.333 e. The highest BCUT2D eigenvalue weighted by molar-refractivity contribution is 6.03. The van der Waals surface area contributed by atoms with Gasteiger partial charge < -0.3 is 4.90 Å². The first kappa shape index (κ1) is 15.1. The normalized spacial score (nSPS) is 23.4. The topological polar surface area (TPSA) is 37.4 Å². The first-order valence-corrected chi connectivity index (χ1v) is 8.67. The number of fused-ring (bicyclic) bond motifs is 2. The Morgan fingerprint density at radius 3 is 2.46 bits per heavy atom. The average Bonchev–Trinajstić information content (AvgIpc) is 2.63. The second-order valence-electron chi connectivity index (χ2n) is 6.90. The SMILES string of the molecule is O=C1c2ccccc2C2(CCCCC2=O)CN1Cc1ccccc1. The predicted molar refractivity (Wildman–Crippen MR) is 92.8 cm³/mol. The Kier molecular flexibility index (Phi) is 3.72. The Morgan fingerprint density at radius 2 is 1.67 bits per heavy atom. The van der Waals surface area contributed by atoms with Crippen molar-refractivity contribution in [2.45, 2.75) is 37.6 Å². The molecule has 1 amide bonds. The number of carbonyl (C=O) groups excluding carboxylic acids is 2. The molecule has 1 fully saturated rings. The van der Waals surface area contributed by atoms with E-state index >= 15 is 0 Å². The Labute approximate surface area is 142 Å². The van der Waals surface area contributed by atoms with Crippen LogP contribution in [0.25, 0.3) is 0 Å². The van der Waals surface area contributed by atoms with Crippen LogP contribution in [0.5, 0.6) is 0 Å². The van der Waals surface area contributed by atoms with Crippen LogP contribution >= 0.6 is 0 Å². The monoisotopic (exact) mass is 319 g/mol. The van der Waals surface area contributed by atoms with Gasteiger partial charge >= 0.3 is 0 Å². The molecule has 1 aliphatic heterocycles. The fourth-order valence-electron chi connectivity index (χ4n) is 4.21. The number of carbonyl (C=O) groups is 2. The molecule has 0 bridgehead atoms. The number of rotatable bonds is 2. The molecule has 1 unspecified atom stereocenters. The molecule has 3 heteroatoms. The number of amides is 1. The van der Waals surface area contributed by atoms with Crippen molar-refractivity contribution in [3.05, 3.63) is 71.3 Å². The fourth-order valence-corrected chi connectivity index (χ4v) is 4.21. The van der Waals surface area contributed by atoms with E-state index in [1.807, 2.05) is 59.5 Å². The van der Waals surface area contributed by atoms with Crippen molar-refractivity contribution in [3.63, 3.8) is 0 Å². The lowest BCUT2D eigenvalue weighted by molar-refractivity contribution is -0.127. The Morgan fingerprint density at radius 1 is 0.917 bits per heavy atom. The van der Waals surface area contributed by atoms with E-state index in [1.165, 1.54) is 0 Å². The molecule has 0 N–H and O–H groups in total. The van der Waals surface area contributed by atoms with Crippen molar-refractivity contribution in [2.24, 2.45) is 0 Å². The molecule has 2 aromatic rings. The minimum atomic E-state index is -0.502. The van der Waals surface area contributed by atoms with Gasteiger partial charge in [-0.15, -0.1) is 0 Å². The molecule has 2 aliphatic rings. The summed E-state index contributed by atoms with van der Waals surface area (Å²) in [5.41, 5.74) is 2.25. The van der Waals surface area contributed by atoms with Crippen molar-refractivity contribution in [1.29, 1.82) is 0 Å². The Bertz CT molecular complexity index is 783. The van der Waals surface area contributed by atoms with Gasteiger partial charge in [-0.25, -0.2) is 0 Å². The maximum Gasteiger partial charge on any atom is 0.254 e.